The number of allylic oxidation sites excluding steroid dienone is 2. The third-order valence-electron chi connectivity index (χ3n) is 9.56. The van der Waals surface area contributed by atoms with Crippen LogP contribution in [-0.2, 0) is 32.7 Å². The number of amides is 2. The molecule has 1 N–H and O–H groups in total. The molecule has 1 spiro atoms. The van der Waals surface area contributed by atoms with Crippen LogP contribution in [0.3, 0.4) is 0 Å². The Bertz CT molecular complexity index is 1900. The average molecular weight is 642 g/mol. The Balaban J connectivity index is 1.30. The van der Waals surface area contributed by atoms with Gasteiger partial charge in [0, 0.05) is 60.6 Å². The summed E-state index contributed by atoms with van der Waals surface area (Å²) in [6.07, 6.45) is 7.25. The van der Waals surface area contributed by atoms with E-state index in [-0.39, 0.29) is 42.7 Å². The highest BCUT2D eigenvalue weighted by Crippen LogP contribution is 2.58. The lowest BCUT2D eigenvalue weighted by Gasteiger charge is -2.60. The number of halogens is 1. The molecular weight excluding hydrogens is 601 g/mol. The van der Waals surface area contributed by atoms with E-state index >= 15 is 4.39 Å². The number of hydrogen-bond acceptors (Lipinski definition) is 7. The number of carbonyl (C=O) groups excluding carboxylic acids is 3. The summed E-state index contributed by atoms with van der Waals surface area (Å²) in [4.78, 5) is 40.7. The zero-order valence-corrected chi connectivity index (χ0v) is 27.1. The largest absolute Gasteiger partial charge is 0.468 e. The fourth-order valence-electron chi connectivity index (χ4n) is 6.97. The molecule has 2 aromatic heterocycles. The molecule has 246 valence electrons. The lowest BCUT2D eigenvalue weighted by Crippen LogP contribution is -2.60. The molecule has 2 amide bonds. The molecule has 2 aromatic carbocycles. The first-order valence-corrected chi connectivity index (χ1v) is 15.7. The third-order valence-corrected chi connectivity index (χ3v) is 9.56. The molecule has 0 atom stereocenters. The van der Waals surface area contributed by atoms with Crippen LogP contribution in [0.5, 0.6) is 0 Å². The van der Waals surface area contributed by atoms with E-state index in [1.54, 1.807) is 15.6 Å². The maximum atomic E-state index is 15.7. The molecule has 4 aromatic rings. The van der Waals surface area contributed by atoms with Gasteiger partial charge in [-0.2, -0.15) is 10.2 Å². The Morgan fingerprint density at radius 2 is 1.96 bits per heavy atom. The second kappa shape index (κ2) is 12.7. The van der Waals surface area contributed by atoms with Crippen molar-refractivity contribution in [2.75, 3.05) is 40.3 Å². The number of aryl methyl sites for hydroxylation is 1. The van der Waals surface area contributed by atoms with Gasteiger partial charge in [0.05, 0.1) is 36.6 Å². The molecule has 0 bridgehead atoms. The molecule has 47 heavy (non-hydrogen) atoms. The minimum atomic E-state index is -0.581. The number of ether oxygens (including phenoxy) is 1. The van der Waals surface area contributed by atoms with Crippen molar-refractivity contribution in [3.05, 3.63) is 73.0 Å². The van der Waals surface area contributed by atoms with Gasteiger partial charge in [-0.25, -0.2) is 4.39 Å². The number of likely N-dealkylation sites (N-methyl/N-ethyl adjacent to an activating group) is 1. The van der Waals surface area contributed by atoms with E-state index in [1.165, 1.54) is 25.1 Å². The Labute approximate surface area is 272 Å². The van der Waals surface area contributed by atoms with Crippen LogP contribution in [0.2, 0.25) is 0 Å². The normalized spacial score (nSPS) is 15.4. The number of methoxy groups -OCH3 is 1. The fraction of sp³-hybridized carbons (Fsp3) is 0.400. The summed E-state index contributed by atoms with van der Waals surface area (Å²) in [5, 5.41) is 13.3. The zero-order valence-electron chi connectivity index (χ0n) is 27.1. The Morgan fingerprint density at radius 3 is 2.68 bits per heavy atom. The summed E-state index contributed by atoms with van der Waals surface area (Å²) < 4.78 is 23.7. The van der Waals surface area contributed by atoms with Gasteiger partial charge in [-0.05, 0) is 49.4 Å². The monoisotopic (exact) mass is 641 g/mol. The second-order valence-corrected chi connectivity index (χ2v) is 12.9. The van der Waals surface area contributed by atoms with Crippen LogP contribution < -0.4 is 5.32 Å². The molecule has 1 saturated carbocycles. The molecular formula is C35H40FN7O4. The highest BCUT2D eigenvalue weighted by atomic mass is 19.1. The first kappa shape index (κ1) is 32.0. The van der Waals surface area contributed by atoms with Gasteiger partial charge in [-0.1, -0.05) is 24.8 Å². The SMILES string of the molecule is C=CCCC(=C)N1CC2(CC(c3nn(CC(=O)N(C)CC(=O)NCC(=O)OC)c4cccc(-c5cc6c(cnn6C)cc5F)c34)C2)C1. The van der Waals surface area contributed by atoms with Crippen molar-refractivity contribution in [1.29, 1.82) is 0 Å². The number of fused-ring (bicyclic) bond motifs is 2. The minimum absolute atomic E-state index is 0.112. The molecule has 12 heteroatoms. The quantitative estimate of drug-likeness (QED) is 0.183. The summed E-state index contributed by atoms with van der Waals surface area (Å²) in [7, 11) is 4.59. The van der Waals surface area contributed by atoms with Crippen molar-refractivity contribution in [1.82, 2.24) is 34.7 Å². The van der Waals surface area contributed by atoms with Crippen molar-refractivity contribution < 1.29 is 23.5 Å². The van der Waals surface area contributed by atoms with Crippen molar-refractivity contribution in [2.45, 2.75) is 38.1 Å². The zero-order chi connectivity index (χ0) is 33.5. The molecule has 0 radical (unpaired) electrons. The Kier molecular flexibility index (Phi) is 8.61. The molecule has 2 fully saturated rings. The molecule has 11 nitrogen and oxygen atoms in total. The van der Waals surface area contributed by atoms with E-state index in [4.69, 9.17) is 5.10 Å². The summed E-state index contributed by atoms with van der Waals surface area (Å²) in [6.45, 7) is 9.36. The molecule has 1 aliphatic heterocycles. The molecule has 2 aliphatic rings. The summed E-state index contributed by atoms with van der Waals surface area (Å²) in [6, 6.07) is 8.98. The maximum absolute atomic E-state index is 15.7. The van der Waals surface area contributed by atoms with Crippen LogP contribution in [0.25, 0.3) is 32.9 Å². The van der Waals surface area contributed by atoms with Gasteiger partial charge in [-0.15, -0.1) is 6.58 Å². The number of carbonyl (C=O) groups is 3. The van der Waals surface area contributed by atoms with E-state index in [2.05, 4.69) is 33.2 Å². The topological polar surface area (TPSA) is 115 Å². The number of likely N-dealkylation sites (tertiary alicyclic amines) is 1. The number of nitrogens with one attached hydrogen (secondary N) is 1. The first-order valence-electron chi connectivity index (χ1n) is 15.7. The number of aromatic nitrogens is 4. The van der Waals surface area contributed by atoms with Gasteiger partial charge >= 0.3 is 5.97 Å². The van der Waals surface area contributed by atoms with Gasteiger partial charge in [0.25, 0.3) is 0 Å². The van der Waals surface area contributed by atoms with Crippen LogP contribution in [0.1, 0.15) is 37.3 Å². The van der Waals surface area contributed by atoms with Crippen LogP contribution >= 0.6 is 0 Å². The Morgan fingerprint density at radius 1 is 1.19 bits per heavy atom. The van der Waals surface area contributed by atoms with E-state index in [9.17, 15) is 14.4 Å². The lowest BCUT2D eigenvalue weighted by molar-refractivity contribution is -0.141. The standard InChI is InChI=1S/C35H40FN7O4/c1-6-7-9-22(2)42-20-35(21-42)14-24(15-35)34-33-25(26-13-29-23(12-27(26)36)16-38-41(29)4)10-8-11-28(33)43(39-34)19-31(45)40(3)18-30(44)37-17-32(46)47-5/h6,8,10-13,16,24H,1-2,7,9,14-15,17-21H2,3-5H3,(H,37,44). The highest BCUT2D eigenvalue weighted by molar-refractivity contribution is 6.00. The van der Waals surface area contributed by atoms with E-state index < -0.39 is 11.9 Å². The molecule has 6 rings (SSSR count). The molecule has 3 heterocycles. The predicted molar refractivity (Wildman–Crippen MR) is 177 cm³/mol. The molecule has 1 saturated heterocycles. The van der Waals surface area contributed by atoms with Crippen molar-refractivity contribution in [3.63, 3.8) is 0 Å². The van der Waals surface area contributed by atoms with Gasteiger partial charge in [0.2, 0.25) is 11.8 Å². The lowest BCUT2D eigenvalue weighted by atomic mass is 9.56. The highest BCUT2D eigenvalue weighted by Gasteiger charge is 2.53. The van der Waals surface area contributed by atoms with Crippen LogP contribution in [0.15, 0.2) is 61.5 Å². The van der Waals surface area contributed by atoms with Crippen molar-refractivity contribution in [3.8, 4) is 11.1 Å². The van der Waals surface area contributed by atoms with Gasteiger partial charge in [0.1, 0.15) is 18.9 Å². The van der Waals surface area contributed by atoms with Crippen molar-refractivity contribution in [2.24, 2.45) is 12.5 Å². The predicted octanol–water partition coefficient (Wildman–Crippen LogP) is 4.14. The fourth-order valence-corrected chi connectivity index (χ4v) is 6.97. The molecule has 0 unspecified atom stereocenters. The van der Waals surface area contributed by atoms with Crippen LogP contribution in [0.4, 0.5) is 4.39 Å². The second-order valence-electron chi connectivity index (χ2n) is 12.9. The van der Waals surface area contributed by atoms with Crippen LogP contribution in [-0.4, -0.2) is 87.5 Å². The minimum Gasteiger partial charge on any atom is -0.468 e. The molecule has 1 aliphatic carbocycles. The van der Waals surface area contributed by atoms with E-state index in [1.807, 2.05) is 37.4 Å². The van der Waals surface area contributed by atoms with Crippen LogP contribution in [0, 0.1) is 11.2 Å². The summed E-state index contributed by atoms with van der Waals surface area (Å²) >= 11 is 0. The number of hydrogen-bond donors (Lipinski definition) is 1. The number of esters is 1. The number of rotatable bonds is 12. The van der Waals surface area contributed by atoms with E-state index in [0.29, 0.717) is 22.0 Å². The number of nitrogens with zero attached hydrogens (tertiary/aromatic N) is 6. The maximum Gasteiger partial charge on any atom is 0.325 e. The summed E-state index contributed by atoms with van der Waals surface area (Å²) in [5.41, 5.74) is 4.86. The Hall–Kier alpha value is -5.00. The van der Waals surface area contributed by atoms with Gasteiger partial charge in [0.15, 0.2) is 0 Å². The third kappa shape index (κ3) is 6.11. The van der Waals surface area contributed by atoms with Crippen molar-refractivity contribution >= 4 is 39.6 Å². The number of benzene rings is 2. The van der Waals surface area contributed by atoms with Gasteiger partial charge in [-0.3, -0.25) is 23.7 Å². The smallest absolute Gasteiger partial charge is 0.325 e. The summed E-state index contributed by atoms with van der Waals surface area (Å²) in [5.74, 6) is -1.61. The van der Waals surface area contributed by atoms with E-state index in [0.717, 1.165) is 61.1 Å². The first-order chi connectivity index (χ1) is 22.5. The van der Waals surface area contributed by atoms with Gasteiger partial charge < -0.3 is 19.9 Å². The average Bonchev–Trinajstić information content (AvgIpc) is 3.56.